The summed E-state index contributed by atoms with van der Waals surface area (Å²) in [6.45, 7) is 7.71. The van der Waals surface area contributed by atoms with E-state index in [4.69, 9.17) is 5.73 Å². The lowest BCUT2D eigenvalue weighted by Gasteiger charge is -2.26. The van der Waals surface area contributed by atoms with E-state index < -0.39 is 0 Å². The van der Waals surface area contributed by atoms with Crippen molar-refractivity contribution in [3.05, 3.63) is 19.2 Å². The Morgan fingerprint density at radius 2 is 2.22 bits per heavy atom. The third kappa shape index (κ3) is 3.18. The van der Waals surface area contributed by atoms with Crippen LogP contribution in [0.15, 0.2) is 14.3 Å². The summed E-state index contributed by atoms with van der Waals surface area (Å²) in [5.41, 5.74) is 6.00. The monoisotopic (exact) mass is 394 g/mol. The number of hydrogen-bond acceptors (Lipinski definition) is 3. The standard InChI is InChI=1S/C13H20Br2N2S/c1-8(2)9-3-4-17(7-9)11(6-16)12-5-10(14)13(15)18-12/h5,8-9,11H,3-4,6-7,16H2,1-2H3. The van der Waals surface area contributed by atoms with Crippen LogP contribution in [0.3, 0.4) is 0 Å². The van der Waals surface area contributed by atoms with Gasteiger partial charge in [-0.1, -0.05) is 13.8 Å². The van der Waals surface area contributed by atoms with Gasteiger partial charge in [-0.3, -0.25) is 4.90 Å². The molecule has 0 bridgehead atoms. The summed E-state index contributed by atoms with van der Waals surface area (Å²) < 4.78 is 2.30. The quantitative estimate of drug-likeness (QED) is 0.825. The fraction of sp³-hybridized carbons (Fsp3) is 0.692. The van der Waals surface area contributed by atoms with E-state index in [0.717, 1.165) is 20.1 Å². The molecule has 2 rings (SSSR count). The van der Waals surface area contributed by atoms with Gasteiger partial charge in [0.15, 0.2) is 0 Å². The van der Waals surface area contributed by atoms with Crippen LogP contribution in [-0.4, -0.2) is 24.5 Å². The summed E-state index contributed by atoms with van der Waals surface area (Å²) in [5, 5.41) is 0. The van der Waals surface area contributed by atoms with Crippen molar-refractivity contribution in [3.63, 3.8) is 0 Å². The average Bonchev–Trinajstić information content (AvgIpc) is 2.89. The normalized spacial score (nSPS) is 22.9. The van der Waals surface area contributed by atoms with Crippen LogP contribution in [0.4, 0.5) is 0 Å². The maximum absolute atomic E-state index is 6.00. The van der Waals surface area contributed by atoms with Crippen molar-refractivity contribution in [1.82, 2.24) is 4.90 Å². The van der Waals surface area contributed by atoms with E-state index in [9.17, 15) is 0 Å². The highest BCUT2D eigenvalue weighted by molar-refractivity contribution is 9.13. The predicted octanol–water partition coefficient (Wildman–Crippen LogP) is 4.25. The smallest absolute Gasteiger partial charge is 0.0843 e. The van der Waals surface area contributed by atoms with Gasteiger partial charge in [0.25, 0.3) is 0 Å². The fourth-order valence-corrected chi connectivity index (χ4v) is 4.85. The highest BCUT2D eigenvalue weighted by Crippen LogP contribution is 2.39. The van der Waals surface area contributed by atoms with Crippen LogP contribution in [0.25, 0.3) is 0 Å². The molecule has 1 aromatic heterocycles. The molecule has 0 saturated carbocycles. The van der Waals surface area contributed by atoms with Gasteiger partial charge >= 0.3 is 0 Å². The molecule has 0 aromatic carbocycles. The molecule has 5 heteroatoms. The molecule has 1 saturated heterocycles. The number of nitrogens with two attached hydrogens (primary N) is 1. The molecule has 2 N–H and O–H groups in total. The van der Waals surface area contributed by atoms with Gasteiger partial charge in [0, 0.05) is 22.4 Å². The van der Waals surface area contributed by atoms with Crippen LogP contribution in [0.2, 0.25) is 0 Å². The minimum absolute atomic E-state index is 0.376. The van der Waals surface area contributed by atoms with E-state index in [-0.39, 0.29) is 0 Å². The summed E-state index contributed by atoms with van der Waals surface area (Å²) in [6, 6.07) is 2.58. The molecule has 1 aliphatic heterocycles. The van der Waals surface area contributed by atoms with Crippen molar-refractivity contribution >= 4 is 43.2 Å². The largest absolute Gasteiger partial charge is 0.329 e. The summed E-state index contributed by atoms with van der Waals surface area (Å²) in [7, 11) is 0. The van der Waals surface area contributed by atoms with Crippen molar-refractivity contribution in [2.24, 2.45) is 17.6 Å². The lowest BCUT2D eigenvalue weighted by molar-refractivity contribution is 0.235. The van der Waals surface area contributed by atoms with E-state index in [2.05, 4.69) is 56.7 Å². The maximum Gasteiger partial charge on any atom is 0.0843 e. The molecule has 0 radical (unpaired) electrons. The Hall–Kier alpha value is 0.580. The molecular formula is C13H20Br2N2S. The van der Waals surface area contributed by atoms with E-state index in [1.54, 1.807) is 11.3 Å². The van der Waals surface area contributed by atoms with Crippen LogP contribution in [-0.2, 0) is 0 Å². The first-order valence-corrected chi connectivity index (χ1v) is 8.82. The van der Waals surface area contributed by atoms with Crippen LogP contribution in [0, 0.1) is 11.8 Å². The van der Waals surface area contributed by atoms with Gasteiger partial charge in [-0.15, -0.1) is 11.3 Å². The van der Waals surface area contributed by atoms with Crippen molar-refractivity contribution in [2.45, 2.75) is 26.3 Å². The van der Waals surface area contributed by atoms with Crippen LogP contribution in [0.1, 0.15) is 31.2 Å². The molecule has 1 aliphatic rings. The molecule has 1 aromatic rings. The molecule has 2 heterocycles. The average molecular weight is 396 g/mol. The zero-order valence-corrected chi connectivity index (χ0v) is 14.8. The Balaban J connectivity index is 2.10. The van der Waals surface area contributed by atoms with Gasteiger partial charge in [0.2, 0.25) is 0 Å². The van der Waals surface area contributed by atoms with Crippen molar-refractivity contribution in [3.8, 4) is 0 Å². The second kappa shape index (κ2) is 6.35. The van der Waals surface area contributed by atoms with Gasteiger partial charge in [-0.25, -0.2) is 0 Å². The molecule has 2 nitrogen and oxygen atoms in total. The van der Waals surface area contributed by atoms with Gasteiger partial charge in [0.1, 0.15) is 0 Å². The highest BCUT2D eigenvalue weighted by Gasteiger charge is 2.30. The number of halogens is 2. The fourth-order valence-electron chi connectivity index (χ4n) is 2.62. The Bertz CT molecular complexity index is 386. The van der Waals surface area contributed by atoms with E-state index in [1.165, 1.54) is 24.4 Å². The molecule has 0 amide bonds. The summed E-state index contributed by atoms with van der Waals surface area (Å²) in [6.07, 6.45) is 1.31. The first-order chi connectivity index (χ1) is 8.52. The van der Waals surface area contributed by atoms with Crippen molar-refractivity contribution in [2.75, 3.05) is 19.6 Å². The Morgan fingerprint density at radius 3 is 2.67 bits per heavy atom. The predicted molar refractivity (Wildman–Crippen MR) is 86.0 cm³/mol. The molecule has 18 heavy (non-hydrogen) atoms. The van der Waals surface area contributed by atoms with E-state index in [1.807, 2.05) is 0 Å². The van der Waals surface area contributed by atoms with Crippen LogP contribution in [0.5, 0.6) is 0 Å². The van der Waals surface area contributed by atoms with E-state index >= 15 is 0 Å². The second-order valence-corrected chi connectivity index (χ2v) is 8.57. The number of rotatable bonds is 4. The lowest BCUT2D eigenvalue weighted by atomic mass is 9.95. The first kappa shape index (κ1) is 15.0. The van der Waals surface area contributed by atoms with Gasteiger partial charge in [0.05, 0.1) is 9.83 Å². The summed E-state index contributed by atoms with van der Waals surface area (Å²) in [5.74, 6) is 1.60. The molecular weight excluding hydrogens is 376 g/mol. The molecule has 2 atom stereocenters. The third-order valence-corrected chi connectivity index (χ3v) is 7.21. The molecule has 0 aliphatic carbocycles. The SMILES string of the molecule is CC(C)C1CCN(C(CN)c2cc(Br)c(Br)s2)C1. The molecule has 1 fully saturated rings. The zero-order chi connectivity index (χ0) is 13.3. The minimum Gasteiger partial charge on any atom is -0.329 e. The Labute approximate surface area is 130 Å². The van der Waals surface area contributed by atoms with Crippen molar-refractivity contribution < 1.29 is 0 Å². The Morgan fingerprint density at radius 1 is 1.50 bits per heavy atom. The molecule has 2 unspecified atom stereocenters. The third-order valence-electron chi connectivity index (χ3n) is 3.86. The lowest BCUT2D eigenvalue weighted by Crippen LogP contribution is -2.32. The molecule has 0 spiro atoms. The van der Waals surface area contributed by atoms with Gasteiger partial charge < -0.3 is 5.73 Å². The highest BCUT2D eigenvalue weighted by atomic mass is 79.9. The maximum atomic E-state index is 6.00. The second-order valence-electron chi connectivity index (χ2n) is 5.31. The van der Waals surface area contributed by atoms with Crippen LogP contribution < -0.4 is 5.73 Å². The minimum atomic E-state index is 0.376. The first-order valence-electron chi connectivity index (χ1n) is 6.41. The Kier molecular flexibility index (Phi) is 5.29. The topological polar surface area (TPSA) is 29.3 Å². The van der Waals surface area contributed by atoms with Gasteiger partial charge in [-0.2, -0.15) is 0 Å². The van der Waals surface area contributed by atoms with Crippen molar-refractivity contribution in [1.29, 1.82) is 0 Å². The summed E-state index contributed by atoms with van der Waals surface area (Å²) in [4.78, 5) is 3.91. The zero-order valence-electron chi connectivity index (χ0n) is 10.8. The number of hydrogen-bond donors (Lipinski definition) is 1. The number of thiophene rings is 1. The van der Waals surface area contributed by atoms with Crippen LogP contribution >= 0.6 is 43.2 Å². The molecule has 102 valence electrons. The number of nitrogens with zero attached hydrogens (tertiary/aromatic N) is 1. The van der Waals surface area contributed by atoms with E-state index in [0.29, 0.717) is 12.6 Å². The van der Waals surface area contributed by atoms with Gasteiger partial charge in [-0.05, 0) is 62.7 Å². The summed E-state index contributed by atoms with van der Waals surface area (Å²) >= 11 is 8.92. The number of likely N-dealkylation sites (tertiary alicyclic amines) is 1.